The van der Waals surface area contributed by atoms with Crippen LogP contribution in [-0.2, 0) is 6.42 Å². The Morgan fingerprint density at radius 1 is 1.24 bits per heavy atom. The largest absolute Gasteiger partial charge is 0.389 e. The summed E-state index contributed by atoms with van der Waals surface area (Å²) in [6.07, 6.45) is 2.10. The van der Waals surface area contributed by atoms with Gasteiger partial charge in [-0.15, -0.1) is 0 Å². The van der Waals surface area contributed by atoms with Gasteiger partial charge in [-0.1, -0.05) is 54.2 Å². The van der Waals surface area contributed by atoms with Gasteiger partial charge in [0.05, 0.1) is 5.02 Å². The first-order valence-electron chi connectivity index (χ1n) is 6.96. The second kappa shape index (κ2) is 7.43. The van der Waals surface area contributed by atoms with Gasteiger partial charge in [0.15, 0.2) is 0 Å². The highest BCUT2D eigenvalue weighted by Crippen LogP contribution is 2.22. The van der Waals surface area contributed by atoms with Gasteiger partial charge in [0.25, 0.3) is 0 Å². The number of aryl methyl sites for hydroxylation is 1. The molecular weight excluding hydrogens is 300 g/mol. The third-order valence-corrected chi connectivity index (χ3v) is 3.89. The number of anilines is 1. The van der Waals surface area contributed by atoms with Crippen LogP contribution in [0.15, 0.2) is 48.5 Å². The molecule has 0 aromatic heterocycles. The summed E-state index contributed by atoms with van der Waals surface area (Å²) in [7, 11) is 0. The van der Waals surface area contributed by atoms with Crippen LogP contribution in [-0.4, -0.2) is 11.0 Å². The molecule has 0 bridgehead atoms. The van der Waals surface area contributed by atoms with E-state index in [-0.39, 0.29) is 0 Å². The molecule has 2 nitrogen and oxygen atoms in total. The lowest BCUT2D eigenvalue weighted by atomic mass is 10.1. The molecule has 0 spiro atoms. The first-order chi connectivity index (χ1) is 10.1. The Morgan fingerprint density at radius 3 is 2.57 bits per heavy atom. The van der Waals surface area contributed by atoms with E-state index in [9.17, 15) is 0 Å². The summed E-state index contributed by atoms with van der Waals surface area (Å²) < 4.78 is 0. The molecule has 1 atom stereocenters. The van der Waals surface area contributed by atoms with Crippen LogP contribution in [0.4, 0.5) is 5.69 Å². The van der Waals surface area contributed by atoms with Crippen LogP contribution >= 0.6 is 23.8 Å². The molecule has 4 heteroatoms. The highest BCUT2D eigenvalue weighted by Gasteiger charge is 2.07. The smallest absolute Gasteiger partial charge is 0.105 e. The minimum absolute atomic E-state index is 0.323. The summed E-state index contributed by atoms with van der Waals surface area (Å²) >= 11 is 11.1. The van der Waals surface area contributed by atoms with Crippen molar-refractivity contribution in [3.05, 3.63) is 64.7 Å². The number of hydrogen-bond donors (Lipinski definition) is 2. The minimum Gasteiger partial charge on any atom is -0.389 e. The minimum atomic E-state index is 0.323. The van der Waals surface area contributed by atoms with Gasteiger partial charge >= 0.3 is 0 Å². The van der Waals surface area contributed by atoms with Crippen molar-refractivity contribution < 1.29 is 0 Å². The zero-order valence-corrected chi connectivity index (χ0v) is 13.5. The average Bonchev–Trinajstić information content (AvgIpc) is 2.46. The number of nitrogens with two attached hydrogens (primary N) is 1. The van der Waals surface area contributed by atoms with E-state index < -0.39 is 0 Å². The van der Waals surface area contributed by atoms with Crippen molar-refractivity contribution in [2.75, 3.05) is 5.32 Å². The Kier molecular flexibility index (Phi) is 5.59. The Hall–Kier alpha value is -1.58. The SMILES string of the molecule is CC(CCc1ccccc1)Nc1ccc(C(N)=S)c(Cl)c1. The molecule has 21 heavy (non-hydrogen) atoms. The fourth-order valence-electron chi connectivity index (χ4n) is 2.19. The van der Waals surface area contributed by atoms with E-state index in [1.165, 1.54) is 5.56 Å². The van der Waals surface area contributed by atoms with E-state index >= 15 is 0 Å². The van der Waals surface area contributed by atoms with Crippen LogP contribution in [0.1, 0.15) is 24.5 Å². The summed E-state index contributed by atoms with van der Waals surface area (Å²) in [5, 5.41) is 4.04. The maximum atomic E-state index is 6.17. The Morgan fingerprint density at radius 2 is 1.95 bits per heavy atom. The van der Waals surface area contributed by atoms with Crippen molar-refractivity contribution in [3.8, 4) is 0 Å². The molecule has 0 aliphatic carbocycles. The maximum absolute atomic E-state index is 6.17. The van der Waals surface area contributed by atoms with Crippen molar-refractivity contribution in [1.29, 1.82) is 0 Å². The summed E-state index contributed by atoms with van der Waals surface area (Å²) in [6, 6.07) is 16.5. The Balaban J connectivity index is 1.92. The Bertz CT molecular complexity index is 613. The maximum Gasteiger partial charge on any atom is 0.105 e. The van der Waals surface area contributed by atoms with Gasteiger partial charge in [0, 0.05) is 17.3 Å². The van der Waals surface area contributed by atoms with Gasteiger partial charge in [0.1, 0.15) is 4.99 Å². The number of hydrogen-bond acceptors (Lipinski definition) is 2. The van der Waals surface area contributed by atoms with Gasteiger partial charge in [-0.25, -0.2) is 0 Å². The van der Waals surface area contributed by atoms with E-state index in [2.05, 4.69) is 36.5 Å². The lowest BCUT2D eigenvalue weighted by molar-refractivity contribution is 0.706. The van der Waals surface area contributed by atoms with E-state index in [4.69, 9.17) is 29.6 Å². The number of rotatable bonds is 6. The molecular formula is C17H19ClN2S. The zero-order chi connectivity index (χ0) is 15.2. The van der Waals surface area contributed by atoms with Gasteiger partial charge in [-0.05, 0) is 43.5 Å². The third-order valence-electron chi connectivity index (χ3n) is 3.36. The first kappa shape index (κ1) is 15.8. The quantitative estimate of drug-likeness (QED) is 0.775. The van der Waals surface area contributed by atoms with E-state index in [0.717, 1.165) is 18.5 Å². The molecule has 3 N–H and O–H groups in total. The summed E-state index contributed by atoms with van der Waals surface area (Å²) in [4.78, 5) is 0.323. The van der Waals surface area contributed by atoms with Crippen LogP contribution in [0.2, 0.25) is 5.02 Å². The first-order valence-corrected chi connectivity index (χ1v) is 7.74. The average molecular weight is 319 g/mol. The lowest BCUT2D eigenvalue weighted by Gasteiger charge is -2.16. The molecule has 0 saturated heterocycles. The molecule has 1 unspecified atom stereocenters. The normalized spacial score (nSPS) is 11.9. The van der Waals surface area contributed by atoms with Gasteiger partial charge in [-0.2, -0.15) is 0 Å². The topological polar surface area (TPSA) is 38.0 Å². The molecule has 0 fully saturated rings. The summed E-state index contributed by atoms with van der Waals surface area (Å²) in [5.41, 5.74) is 8.66. The molecule has 0 aliphatic heterocycles. The van der Waals surface area contributed by atoms with Crippen LogP contribution < -0.4 is 11.1 Å². The monoisotopic (exact) mass is 318 g/mol. The van der Waals surface area contributed by atoms with Crippen LogP contribution in [0.3, 0.4) is 0 Å². The standard InChI is InChI=1S/C17H19ClN2S/c1-12(7-8-13-5-3-2-4-6-13)20-14-9-10-15(17(19)21)16(18)11-14/h2-6,9-12,20H,7-8H2,1H3,(H2,19,21). The van der Waals surface area contributed by atoms with Crippen LogP contribution in [0.25, 0.3) is 0 Å². The number of benzene rings is 2. The van der Waals surface area contributed by atoms with E-state index in [1.807, 2.05) is 24.3 Å². The predicted octanol–water partition coefficient (Wildman–Crippen LogP) is 4.41. The fraction of sp³-hybridized carbons (Fsp3) is 0.235. The fourth-order valence-corrected chi connectivity index (χ4v) is 2.71. The molecule has 2 aromatic rings. The van der Waals surface area contributed by atoms with Crippen molar-refractivity contribution >= 4 is 34.5 Å². The molecule has 0 radical (unpaired) electrons. The molecule has 2 aromatic carbocycles. The molecule has 110 valence electrons. The molecule has 0 heterocycles. The number of thiocarbonyl (C=S) groups is 1. The highest BCUT2D eigenvalue weighted by atomic mass is 35.5. The lowest BCUT2D eigenvalue weighted by Crippen LogP contribution is -2.16. The summed E-state index contributed by atoms with van der Waals surface area (Å²) in [6.45, 7) is 2.17. The molecule has 2 rings (SSSR count). The van der Waals surface area contributed by atoms with Crippen molar-refractivity contribution in [2.45, 2.75) is 25.8 Å². The third kappa shape index (κ3) is 4.73. The summed E-state index contributed by atoms with van der Waals surface area (Å²) in [5.74, 6) is 0. The molecule has 0 saturated carbocycles. The van der Waals surface area contributed by atoms with Gasteiger partial charge in [0.2, 0.25) is 0 Å². The predicted molar refractivity (Wildman–Crippen MR) is 95.2 cm³/mol. The molecule has 0 aliphatic rings. The Labute approximate surface area is 136 Å². The van der Waals surface area contributed by atoms with E-state index in [1.54, 1.807) is 0 Å². The zero-order valence-electron chi connectivity index (χ0n) is 12.0. The van der Waals surface area contributed by atoms with Crippen molar-refractivity contribution in [1.82, 2.24) is 0 Å². The van der Waals surface area contributed by atoms with Gasteiger partial charge in [-0.3, -0.25) is 0 Å². The highest BCUT2D eigenvalue weighted by molar-refractivity contribution is 7.80. The second-order valence-electron chi connectivity index (χ2n) is 5.13. The van der Waals surface area contributed by atoms with Crippen LogP contribution in [0.5, 0.6) is 0 Å². The number of halogens is 1. The second-order valence-corrected chi connectivity index (χ2v) is 5.98. The number of nitrogens with one attached hydrogen (secondary N) is 1. The molecule has 0 amide bonds. The van der Waals surface area contributed by atoms with Gasteiger partial charge < -0.3 is 11.1 Å². The van der Waals surface area contributed by atoms with Crippen molar-refractivity contribution in [3.63, 3.8) is 0 Å². The van der Waals surface area contributed by atoms with Crippen LogP contribution in [0, 0.1) is 0 Å². The van der Waals surface area contributed by atoms with E-state index in [0.29, 0.717) is 21.6 Å². The van der Waals surface area contributed by atoms with Crippen molar-refractivity contribution in [2.24, 2.45) is 5.73 Å².